The molecule has 4 rings (SSSR count). The molecule has 0 aliphatic carbocycles. The third-order valence-electron chi connectivity index (χ3n) is 4.14. The van der Waals surface area contributed by atoms with Gasteiger partial charge in [0.25, 0.3) is 0 Å². The molecule has 26 heavy (non-hydrogen) atoms. The molecule has 0 fully saturated rings. The second-order valence-corrected chi connectivity index (χ2v) is 6.53. The molecule has 0 saturated carbocycles. The number of rotatable bonds is 4. The number of anilines is 1. The van der Waals surface area contributed by atoms with Crippen LogP contribution in [-0.4, -0.2) is 19.5 Å². The van der Waals surface area contributed by atoms with Crippen molar-refractivity contribution in [1.82, 2.24) is 14.4 Å². The smallest absolute Gasteiger partial charge is 0.143 e. The fourth-order valence-electron chi connectivity index (χ4n) is 2.89. The molecule has 130 valence electrons. The molecule has 0 bridgehead atoms. The minimum Gasteiger partial charge on any atom is -0.506 e. The lowest BCUT2D eigenvalue weighted by atomic mass is 10.2. The van der Waals surface area contributed by atoms with E-state index >= 15 is 0 Å². The van der Waals surface area contributed by atoms with E-state index in [0.717, 1.165) is 22.6 Å². The van der Waals surface area contributed by atoms with E-state index in [0.29, 0.717) is 23.0 Å². The second-order valence-electron chi connectivity index (χ2n) is 6.10. The van der Waals surface area contributed by atoms with Gasteiger partial charge in [0.05, 0.1) is 0 Å². The molecule has 5 nitrogen and oxygen atoms in total. The summed E-state index contributed by atoms with van der Waals surface area (Å²) in [5, 5.41) is 14.3. The maximum Gasteiger partial charge on any atom is 0.143 e. The molecule has 0 aliphatic rings. The van der Waals surface area contributed by atoms with Gasteiger partial charge >= 0.3 is 0 Å². The fourth-order valence-corrected chi connectivity index (χ4v) is 3.11. The molecular weight excluding hydrogens is 348 g/mol. The summed E-state index contributed by atoms with van der Waals surface area (Å²) in [6.07, 6.45) is 3.60. The van der Waals surface area contributed by atoms with Crippen LogP contribution in [0, 0.1) is 6.92 Å². The Morgan fingerprint density at radius 3 is 2.81 bits per heavy atom. The van der Waals surface area contributed by atoms with Crippen LogP contribution in [0.1, 0.15) is 11.1 Å². The van der Waals surface area contributed by atoms with Gasteiger partial charge < -0.3 is 10.4 Å². The second kappa shape index (κ2) is 6.69. The minimum atomic E-state index is 0.0958. The Hall–Kier alpha value is -3.05. The minimum absolute atomic E-state index is 0.0958. The Morgan fingerprint density at radius 1 is 1.12 bits per heavy atom. The van der Waals surface area contributed by atoms with E-state index in [2.05, 4.69) is 15.3 Å². The summed E-state index contributed by atoms with van der Waals surface area (Å²) >= 11 is 6.08. The monoisotopic (exact) mass is 364 g/mol. The number of imidazole rings is 1. The molecule has 0 spiro atoms. The number of aromatic nitrogens is 3. The number of benzene rings is 1. The highest BCUT2D eigenvalue weighted by Gasteiger charge is 2.18. The zero-order chi connectivity index (χ0) is 18.1. The maximum absolute atomic E-state index is 10.2. The molecule has 0 saturated heterocycles. The first kappa shape index (κ1) is 16.4. The lowest BCUT2D eigenvalue weighted by Gasteiger charge is -2.10. The van der Waals surface area contributed by atoms with E-state index in [-0.39, 0.29) is 5.75 Å². The molecule has 0 unspecified atom stereocenters. The Morgan fingerprint density at radius 2 is 2.00 bits per heavy atom. The van der Waals surface area contributed by atoms with Crippen LogP contribution in [0.25, 0.3) is 17.0 Å². The summed E-state index contributed by atoms with van der Waals surface area (Å²) in [6.45, 7) is 2.59. The third kappa shape index (κ3) is 3.09. The lowest BCUT2D eigenvalue weighted by Crippen LogP contribution is -2.04. The highest BCUT2D eigenvalue weighted by molar-refractivity contribution is 6.30. The third-order valence-corrected chi connectivity index (χ3v) is 4.38. The molecule has 3 aromatic heterocycles. The average Bonchev–Trinajstić information content (AvgIpc) is 2.97. The molecule has 0 amide bonds. The highest BCUT2D eigenvalue weighted by Crippen LogP contribution is 2.33. The van der Waals surface area contributed by atoms with E-state index in [1.807, 2.05) is 53.9 Å². The number of nitrogens with one attached hydrogen (secondary N) is 1. The van der Waals surface area contributed by atoms with Crippen LogP contribution < -0.4 is 5.32 Å². The summed E-state index contributed by atoms with van der Waals surface area (Å²) in [5.74, 6) is 0.868. The number of hydrogen-bond acceptors (Lipinski definition) is 4. The maximum atomic E-state index is 10.2. The molecule has 0 radical (unpaired) electrons. The summed E-state index contributed by atoms with van der Waals surface area (Å²) in [7, 11) is 0. The first-order valence-electron chi connectivity index (χ1n) is 8.23. The summed E-state index contributed by atoms with van der Waals surface area (Å²) in [5.41, 5.74) is 4.01. The molecule has 2 N–H and O–H groups in total. The molecule has 0 aliphatic heterocycles. The number of pyridine rings is 2. The lowest BCUT2D eigenvalue weighted by molar-refractivity contribution is 0.475. The Labute approximate surface area is 155 Å². The number of fused-ring (bicyclic) bond motifs is 1. The first-order valence-corrected chi connectivity index (χ1v) is 8.61. The van der Waals surface area contributed by atoms with Gasteiger partial charge in [-0.15, -0.1) is 0 Å². The van der Waals surface area contributed by atoms with Gasteiger partial charge in [-0.25, -0.2) is 4.98 Å². The van der Waals surface area contributed by atoms with Gasteiger partial charge in [0.1, 0.15) is 28.6 Å². The largest absolute Gasteiger partial charge is 0.506 e. The standard InChI is InChI=1S/C20H17ClN4O/c1-13-7-9-25-17(10-13)24-19(18-16(26)6-3-8-22-18)20(25)23-12-14-4-2-5-15(21)11-14/h2-11,23,26H,12H2,1H3. The number of hydrogen-bond donors (Lipinski definition) is 2. The van der Waals surface area contributed by atoms with Crippen molar-refractivity contribution in [3.8, 4) is 17.1 Å². The molecule has 1 aromatic carbocycles. The van der Waals surface area contributed by atoms with Gasteiger partial charge in [-0.2, -0.15) is 0 Å². The molecule has 6 heteroatoms. The van der Waals surface area contributed by atoms with Gasteiger partial charge in [-0.05, 0) is 54.4 Å². The Bertz CT molecular complexity index is 1090. The van der Waals surface area contributed by atoms with Crippen LogP contribution in [0.15, 0.2) is 60.9 Å². The summed E-state index contributed by atoms with van der Waals surface area (Å²) < 4.78 is 1.96. The van der Waals surface area contributed by atoms with Crippen LogP contribution in [0.4, 0.5) is 5.82 Å². The topological polar surface area (TPSA) is 62.5 Å². The predicted octanol–water partition coefficient (Wildman–Crippen LogP) is 4.68. The quantitative estimate of drug-likeness (QED) is 0.552. The van der Waals surface area contributed by atoms with Gasteiger partial charge in [0.15, 0.2) is 0 Å². The summed E-state index contributed by atoms with van der Waals surface area (Å²) in [6, 6.07) is 15.0. The van der Waals surface area contributed by atoms with Crippen molar-refractivity contribution in [3.05, 3.63) is 77.1 Å². The van der Waals surface area contributed by atoms with Crippen LogP contribution in [0.3, 0.4) is 0 Å². The predicted molar refractivity (Wildman–Crippen MR) is 104 cm³/mol. The van der Waals surface area contributed by atoms with Crippen LogP contribution >= 0.6 is 11.6 Å². The van der Waals surface area contributed by atoms with E-state index < -0.39 is 0 Å². The zero-order valence-electron chi connectivity index (χ0n) is 14.1. The van der Waals surface area contributed by atoms with E-state index in [9.17, 15) is 5.11 Å². The summed E-state index contributed by atoms with van der Waals surface area (Å²) in [4.78, 5) is 9.00. The van der Waals surface area contributed by atoms with Crippen molar-refractivity contribution in [1.29, 1.82) is 0 Å². The van der Waals surface area contributed by atoms with E-state index in [1.165, 1.54) is 0 Å². The number of halogens is 1. The molecule has 4 aromatic rings. The van der Waals surface area contributed by atoms with Crippen molar-refractivity contribution in [2.24, 2.45) is 0 Å². The normalized spacial score (nSPS) is 11.0. The van der Waals surface area contributed by atoms with Crippen LogP contribution in [-0.2, 0) is 6.54 Å². The van der Waals surface area contributed by atoms with Crippen molar-refractivity contribution in [3.63, 3.8) is 0 Å². The van der Waals surface area contributed by atoms with Crippen LogP contribution in [0.2, 0.25) is 5.02 Å². The fraction of sp³-hybridized carbons (Fsp3) is 0.100. The van der Waals surface area contributed by atoms with Gasteiger partial charge in [0.2, 0.25) is 0 Å². The Kier molecular flexibility index (Phi) is 4.22. The van der Waals surface area contributed by atoms with Gasteiger partial charge in [-0.3, -0.25) is 9.38 Å². The van der Waals surface area contributed by atoms with Gasteiger partial charge in [-0.1, -0.05) is 23.7 Å². The highest BCUT2D eigenvalue weighted by atomic mass is 35.5. The SMILES string of the molecule is Cc1ccn2c(NCc3cccc(Cl)c3)c(-c3ncccc3O)nc2c1. The number of aromatic hydroxyl groups is 1. The number of nitrogens with zero attached hydrogens (tertiary/aromatic N) is 3. The van der Waals surface area contributed by atoms with Gasteiger partial charge in [0, 0.05) is 24.0 Å². The molecular formula is C20H17ClN4O. The van der Waals surface area contributed by atoms with E-state index in [4.69, 9.17) is 11.6 Å². The zero-order valence-corrected chi connectivity index (χ0v) is 14.9. The van der Waals surface area contributed by atoms with Crippen molar-refractivity contribution in [2.75, 3.05) is 5.32 Å². The van der Waals surface area contributed by atoms with Crippen molar-refractivity contribution in [2.45, 2.75) is 13.5 Å². The van der Waals surface area contributed by atoms with E-state index in [1.54, 1.807) is 18.3 Å². The van der Waals surface area contributed by atoms with Crippen molar-refractivity contribution >= 4 is 23.1 Å². The average molecular weight is 365 g/mol. The van der Waals surface area contributed by atoms with Crippen molar-refractivity contribution < 1.29 is 5.11 Å². The molecule has 3 heterocycles. The number of aryl methyl sites for hydroxylation is 1. The van der Waals surface area contributed by atoms with Crippen LogP contribution in [0.5, 0.6) is 5.75 Å². The first-order chi connectivity index (χ1) is 12.6. The Balaban J connectivity index is 1.81. The molecule has 0 atom stereocenters.